The first-order chi connectivity index (χ1) is 13.5. The molecular weight excluding hydrogens is 376 g/mol. The number of aryl methyl sites for hydroxylation is 1. The number of ether oxygens (including phenoxy) is 1. The number of hydrogen-bond donors (Lipinski definition) is 1. The first-order valence-corrected chi connectivity index (χ1v) is 8.87. The Labute approximate surface area is 167 Å². The molecule has 6 heteroatoms. The fourth-order valence-electron chi connectivity index (χ4n) is 2.39. The number of esters is 1. The predicted octanol–water partition coefficient (Wildman–Crippen LogP) is 4.63. The number of hydrogen-bond acceptors (Lipinski definition) is 4. The van der Waals surface area contributed by atoms with Crippen LogP contribution in [0.25, 0.3) is 0 Å². The van der Waals surface area contributed by atoms with E-state index in [0.29, 0.717) is 21.9 Å². The van der Waals surface area contributed by atoms with Crippen LogP contribution in [0.5, 0.6) is 5.75 Å². The van der Waals surface area contributed by atoms with Crippen LogP contribution in [0.2, 0.25) is 5.02 Å². The summed E-state index contributed by atoms with van der Waals surface area (Å²) in [5.41, 5.74) is 5.13. The molecule has 0 radical (unpaired) electrons. The summed E-state index contributed by atoms with van der Waals surface area (Å²) >= 11 is 5.79. The Morgan fingerprint density at radius 3 is 2.36 bits per heavy atom. The van der Waals surface area contributed by atoms with Crippen molar-refractivity contribution in [3.8, 4) is 5.75 Å². The summed E-state index contributed by atoms with van der Waals surface area (Å²) < 4.78 is 5.36. The lowest BCUT2D eigenvalue weighted by molar-refractivity contribution is 0.0734. The Hall–Kier alpha value is -3.44. The summed E-state index contributed by atoms with van der Waals surface area (Å²) in [7, 11) is 0. The number of halogens is 1. The highest BCUT2D eigenvalue weighted by Crippen LogP contribution is 2.14. The van der Waals surface area contributed by atoms with E-state index < -0.39 is 5.97 Å². The maximum Gasteiger partial charge on any atom is 0.343 e. The second kappa shape index (κ2) is 8.97. The molecule has 1 N–H and O–H groups in total. The third-order valence-corrected chi connectivity index (χ3v) is 4.08. The van der Waals surface area contributed by atoms with E-state index in [1.807, 2.05) is 19.1 Å². The van der Waals surface area contributed by atoms with Crippen molar-refractivity contribution in [2.45, 2.75) is 6.92 Å². The van der Waals surface area contributed by atoms with Crippen molar-refractivity contribution in [2.24, 2.45) is 5.10 Å². The first kappa shape index (κ1) is 19.3. The Morgan fingerprint density at radius 1 is 0.964 bits per heavy atom. The van der Waals surface area contributed by atoms with Gasteiger partial charge in [0.15, 0.2) is 0 Å². The van der Waals surface area contributed by atoms with Crippen LogP contribution in [0, 0.1) is 6.92 Å². The van der Waals surface area contributed by atoms with Gasteiger partial charge >= 0.3 is 5.97 Å². The van der Waals surface area contributed by atoms with Crippen LogP contribution in [0.3, 0.4) is 0 Å². The summed E-state index contributed by atoms with van der Waals surface area (Å²) in [5, 5.41) is 4.48. The summed E-state index contributed by atoms with van der Waals surface area (Å²) in [6.07, 6.45) is 1.50. The molecule has 3 rings (SSSR count). The van der Waals surface area contributed by atoms with Crippen molar-refractivity contribution in [3.05, 3.63) is 100 Å². The molecule has 0 fully saturated rings. The minimum absolute atomic E-state index is 0.336. The average molecular weight is 393 g/mol. The highest BCUT2D eigenvalue weighted by Gasteiger charge is 2.08. The molecule has 3 aromatic rings. The van der Waals surface area contributed by atoms with Gasteiger partial charge in [0.1, 0.15) is 5.75 Å². The van der Waals surface area contributed by atoms with E-state index in [1.165, 1.54) is 6.21 Å². The molecule has 1 amide bonds. The number of rotatable bonds is 5. The van der Waals surface area contributed by atoms with Gasteiger partial charge in [0.05, 0.1) is 11.8 Å². The zero-order valence-electron chi connectivity index (χ0n) is 15.1. The molecule has 0 bridgehead atoms. The molecule has 0 unspecified atom stereocenters. The molecule has 28 heavy (non-hydrogen) atoms. The summed E-state index contributed by atoms with van der Waals surface area (Å²) in [4.78, 5) is 24.1. The van der Waals surface area contributed by atoms with E-state index in [0.717, 1.165) is 11.1 Å². The second-order valence-electron chi connectivity index (χ2n) is 6.03. The largest absolute Gasteiger partial charge is 0.423 e. The number of nitrogens with one attached hydrogen (secondary N) is 1. The van der Waals surface area contributed by atoms with Gasteiger partial charge in [0.2, 0.25) is 0 Å². The van der Waals surface area contributed by atoms with Crippen LogP contribution in [0.1, 0.15) is 31.8 Å². The number of amides is 1. The molecule has 5 nitrogen and oxygen atoms in total. The molecular formula is C22H17ClN2O3. The van der Waals surface area contributed by atoms with Crippen molar-refractivity contribution in [3.63, 3.8) is 0 Å². The number of benzene rings is 3. The highest BCUT2D eigenvalue weighted by molar-refractivity contribution is 6.30. The van der Waals surface area contributed by atoms with Gasteiger partial charge in [0, 0.05) is 10.6 Å². The van der Waals surface area contributed by atoms with E-state index in [9.17, 15) is 9.59 Å². The quantitative estimate of drug-likeness (QED) is 0.298. The fourth-order valence-corrected chi connectivity index (χ4v) is 2.52. The van der Waals surface area contributed by atoms with Crippen molar-refractivity contribution in [1.82, 2.24) is 5.43 Å². The molecule has 0 heterocycles. The minimum Gasteiger partial charge on any atom is -0.423 e. The molecule has 0 aliphatic heterocycles. The molecule has 0 atom stereocenters. The topological polar surface area (TPSA) is 67.8 Å². The Bertz CT molecular complexity index is 1010. The molecule has 0 aliphatic rings. The van der Waals surface area contributed by atoms with Gasteiger partial charge in [-0.25, -0.2) is 10.2 Å². The van der Waals surface area contributed by atoms with E-state index in [1.54, 1.807) is 60.7 Å². The molecule has 0 aromatic heterocycles. The zero-order chi connectivity index (χ0) is 19.9. The lowest BCUT2D eigenvalue weighted by Crippen LogP contribution is -2.17. The number of nitrogens with zero attached hydrogens (tertiary/aromatic N) is 1. The first-order valence-electron chi connectivity index (χ1n) is 8.49. The normalized spacial score (nSPS) is 10.6. The summed E-state index contributed by atoms with van der Waals surface area (Å²) in [6.45, 7) is 1.91. The van der Waals surface area contributed by atoms with Crippen molar-refractivity contribution in [1.29, 1.82) is 0 Å². The van der Waals surface area contributed by atoms with Crippen LogP contribution in [-0.4, -0.2) is 18.1 Å². The lowest BCUT2D eigenvalue weighted by Gasteiger charge is -2.05. The van der Waals surface area contributed by atoms with Gasteiger partial charge in [-0.3, -0.25) is 4.79 Å². The number of hydrazone groups is 1. The average Bonchev–Trinajstić information content (AvgIpc) is 2.69. The van der Waals surface area contributed by atoms with Crippen molar-refractivity contribution < 1.29 is 14.3 Å². The van der Waals surface area contributed by atoms with Crippen LogP contribution in [0.15, 0.2) is 77.9 Å². The van der Waals surface area contributed by atoms with Gasteiger partial charge < -0.3 is 4.74 Å². The van der Waals surface area contributed by atoms with E-state index >= 15 is 0 Å². The SMILES string of the molecule is Cc1cccc(C(=O)Oc2ccc(/C=N/NC(=O)c3ccc(Cl)cc3)cc2)c1. The fraction of sp³-hybridized carbons (Fsp3) is 0.0455. The van der Waals surface area contributed by atoms with Gasteiger partial charge in [0.25, 0.3) is 5.91 Å². The number of carbonyl (C=O) groups excluding carboxylic acids is 2. The highest BCUT2D eigenvalue weighted by atomic mass is 35.5. The third kappa shape index (κ3) is 5.28. The smallest absolute Gasteiger partial charge is 0.343 e. The summed E-state index contributed by atoms with van der Waals surface area (Å²) in [5.74, 6) is -0.328. The van der Waals surface area contributed by atoms with Gasteiger partial charge in [-0.05, 0) is 73.2 Å². The molecule has 0 saturated carbocycles. The van der Waals surface area contributed by atoms with Crippen LogP contribution < -0.4 is 10.2 Å². The molecule has 0 spiro atoms. The van der Waals surface area contributed by atoms with Gasteiger partial charge in [-0.15, -0.1) is 0 Å². The predicted molar refractivity (Wildman–Crippen MR) is 109 cm³/mol. The Kier molecular flexibility index (Phi) is 6.19. The van der Waals surface area contributed by atoms with Crippen LogP contribution in [0.4, 0.5) is 0 Å². The Balaban J connectivity index is 1.56. The van der Waals surface area contributed by atoms with Crippen LogP contribution in [-0.2, 0) is 0 Å². The Morgan fingerprint density at radius 2 is 1.68 bits per heavy atom. The maximum atomic E-state index is 12.1. The minimum atomic E-state index is -0.416. The van der Waals surface area contributed by atoms with E-state index in [4.69, 9.17) is 16.3 Å². The standard InChI is InChI=1S/C22H17ClN2O3/c1-15-3-2-4-18(13-15)22(27)28-20-11-5-16(6-12-20)14-24-25-21(26)17-7-9-19(23)10-8-17/h2-14H,1H3,(H,25,26)/b24-14+. The second-order valence-corrected chi connectivity index (χ2v) is 6.47. The molecule has 0 saturated heterocycles. The van der Waals surface area contributed by atoms with Gasteiger partial charge in [-0.2, -0.15) is 5.10 Å². The van der Waals surface area contributed by atoms with Crippen molar-refractivity contribution in [2.75, 3.05) is 0 Å². The van der Waals surface area contributed by atoms with Crippen LogP contribution >= 0.6 is 11.6 Å². The van der Waals surface area contributed by atoms with E-state index in [2.05, 4.69) is 10.5 Å². The van der Waals surface area contributed by atoms with Crippen molar-refractivity contribution >= 4 is 29.7 Å². The molecule has 140 valence electrons. The monoisotopic (exact) mass is 392 g/mol. The zero-order valence-corrected chi connectivity index (χ0v) is 15.8. The molecule has 0 aliphatic carbocycles. The third-order valence-electron chi connectivity index (χ3n) is 3.83. The molecule has 3 aromatic carbocycles. The number of carbonyl (C=O) groups is 2. The lowest BCUT2D eigenvalue weighted by atomic mass is 10.1. The van der Waals surface area contributed by atoms with Gasteiger partial charge in [-0.1, -0.05) is 29.3 Å². The summed E-state index contributed by atoms with van der Waals surface area (Å²) in [6, 6.07) is 20.5. The van der Waals surface area contributed by atoms with E-state index in [-0.39, 0.29) is 5.91 Å². The maximum absolute atomic E-state index is 12.1.